The number of aromatic nitrogens is 1. The van der Waals surface area contributed by atoms with Crippen molar-refractivity contribution in [3.8, 4) is 39.1 Å². The molecule has 13 rings (SSSR count). The van der Waals surface area contributed by atoms with E-state index in [2.05, 4.69) is 252 Å². The van der Waals surface area contributed by atoms with Crippen molar-refractivity contribution in [2.75, 3.05) is 4.90 Å². The van der Waals surface area contributed by atoms with Crippen LogP contribution in [-0.4, -0.2) is 4.57 Å². The molecule has 0 radical (unpaired) electrons. The zero-order valence-corrected chi connectivity index (χ0v) is 35.4. The van der Waals surface area contributed by atoms with Crippen LogP contribution in [0, 0.1) is 0 Å². The summed E-state index contributed by atoms with van der Waals surface area (Å²) in [5, 5.41) is 9.55. The molecule has 0 N–H and O–H groups in total. The van der Waals surface area contributed by atoms with Gasteiger partial charge in [-0.15, -0.1) is 0 Å². The third kappa shape index (κ3) is 6.12. The van der Waals surface area contributed by atoms with Crippen molar-refractivity contribution in [1.82, 2.24) is 4.57 Å². The molecule has 0 saturated carbocycles. The molecule has 0 fully saturated rings. The summed E-state index contributed by atoms with van der Waals surface area (Å²) in [5.41, 5.74) is 15.6. The van der Waals surface area contributed by atoms with Gasteiger partial charge in [0.1, 0.15) is 11.2 Å². The number of hydrogen-bond acceptors (Lipinski definition) is 2. The fraction of sp³-hybridized carbons (Fsp3) is 0. The van der Waals surface area contributed by atoms with Crippen LogP contribution in [0.3, 0.4) is 0 Å². The van der Waals surface area contributed by atoms with E-state index in [1.807, 2.05) is 0 Å². The molecular formula is C62H40N2O. The molecule has 2 aromatic heterocycles. The Morgan fingerprint density at radius 2 is 0.877 bits per heavy atom. The molecule has 3 heteroatoms. The van der Waals surface area contributed by atoms with Crippen molar-refractivity contribution in [3.05, 3.63) is 243 Å². The van der Waals surface area contributed by atoms with E-state index in [0.717, 1.165) is 72.3 Å². The third-order valence-electron chi connectivity index (χ3n) is 13.2. The predicted molar refractivity (Wildman–Crippen MR) is 274 cm³/mol. The van der Waals surface area contributed by atoms with Crippen LogP contribution in [-0.2, 0) is 0 Å². The lowest BCUT2D eigenvalue weighted by atomic mass is 9.97. The van der Waals surface area contributed by atoms with Crippen LogP contribution >= 0.6 is 0 Å². The van der Waals surface area contributed by atoms with Gasteiger partial charge in [-0.2, -0.15) is 0 Å². The first-order valence-corrected chi connectivity index (χ1v) is 22.2. The summed E-state index contributed by atoms with van der Waals surface area (Å²) in [6, 6.07) is 87.7. The minimum Gasteiger partial charge on any atom is -0.455 e. The molecule has 304 valence electrons. The van der Waals surface area contributed by atoms with Crippen LogP contribution in [0.2, 0.25) is 0 Å². The Balaban J connectivity index is 0.931. The molecule has 0 saturated heterocycles. The second-order valence-electron chi connectivity index (χ2n) is 16.9. The van der Waals surface area contributed by atoms with E-state index < -0.39 is 0 Å². The summed E-state index contributed by atoms with van der Waals surface area (Å²) in [7, 11) is 0. The van der Waals surface area contributed by atoms with Crippen LogP contribution in [0.15, 0.2) is 247 Å². The molecule has 0 bridgehead atoms. The van der Waals surface area contributed by atoms with Gasteiger partial charge in [0.25, 0.3) is 0 Å². The van der Waals surface area contributed by atoms with Gasteiger partial charge >= 0.3 is 0 Å². The van der Waals surface area contributed by atoms with E-state index in [0.29, 0.717) is 0 Å². The number of rotatable bonds is 7. The fourth-order valence-electron chi connectivity index (χ4n) is 10.1. The monoisotopic (exact) mass is 828 g/mol. The molecule has 2 heterocycles. The van der Waals surface area contributed by atoms with Gasteiger partial charge in [-0.05, 0) is 117 Å². The Morgan fingerprint density at radius 1 is 0.323 bits per heavy atom. The van der Waals surface area contributed by atoms with Crippen molar-refractivity contribution in [1.29, 1.82) is 0 Å². The summed E-state index contributed by atoms with van der Waals surface area (Å²) < 4.78 is 8.99. The summed E-state index contributed by atoms with van der Waals surface area (Å²) in [6.07, 6.45) is 0. The molecule has 13 aromatic rings. The van der Waals surface area contributed by atoms with Crippen LogP contribution in [0.5, 0.6) is 0 Å². The molecule has 0 aliphatic carbocycles. The molecule has 0 spiro atoms. The van der Waals surface area contributed by atoms with Crippen LogP contribution in [0.4, 0.5) is 17.1 Å². The highest BCUT2D eigenvalue weighted by atomic mass is 16.3. The smallest absolute Gasteiger partial charge is 0.143 e. The van der Waals surface area contributed by atoms with Gasteiger partial charge in [-0.25, -0.2) is 0 Å². The number of benzene rings is 11. The second-order valence-corrected chi connectivity index (χ2v) is 16.9. The SMILES string of the molecule is c1cc(-c2ccc3ccccc3c2)cc(N(c2ccc(-c3ccccc3-n3c4ccccc4c4ccccc43)cc2)c2ccc(-c3cccc4oc5c6ccccc6ccc5c34)cc2)c1. The maximum absolute atomic E-state index is 6.57. The summed E-state index contributed by atoms with van der Waals surface area (Å²) in [4.78, 5) is 2.37. The lowest BCUT2D eigenvalue weighted by molar-refractivity contribution is 0.673. The van der Waals surface area contributed by atoms with Gasteiger partial charge in [-0.1, -0.05) is 170 Å². The minimum atomic E-state index is 0.893. The topological polar surface area (TPSA) is 21.3 Å². The molecule has 0 aliphatic heterocycles. The molecule has 0 unspecified atom stereocenters. The van der Waals surface area contributed by atoms with Gasteiger partial charge in [0.05, 0.1) is 16.7 Å². The van der Waals surface area contributed by atoms with E-state index in [-0.39, 0.29) is 0 Å². The van der Waals surface area contributed by atoms with Crippen molar-refractivity contribution in [3.63, 3.8) is 0 Å². The Morgan fingerprint density at radius 3 is 1.63 bits per heavy atom. The molecule has 0 aliphatic rings. The Hall–Kier alpha value is -8.66. The normalized spacial score (nSPS) is 11.7. The highest BCUT2D eigenvalue weighted by Crippen LogP contribution is 2.43. The first-order chi connectivity index (χ1) is 32.2. The number of anilines is 3. The number of furan rings is 1. The zero-order valence-electron chi connectivity index (χ0n) is 35.4. The van der Waals surface area contributed by atoms with E-state index in [9.17, 15) is 0 Å². The van der Waals surface area contributed by atoms with E-state index in [4.69, 9.17) is 4.42 Å². The number of hydrogen-bond donors (Lipinski definition) is 0. The number of para-hydroxylation sites is 3. The first kappa shape index (κ1) is 36.9. The van der Waals surface area contributed by atoms with Crippen molar-refractivity contribution < 1.29 is 4.42 Å². The molecule has 0 atom stereocenters. The van der Waals surface area contributed by atoms with Gasteiger partial charge in [-0.3, -0.25) is 0 Å². The number of fused-ring (bicyclic) bond motifs is 9. The van der Waals surface area contributed by atoms with Gasteiger partial charge in [0, 0.05) is 49.6 Å². The maximum atomic E-state index is 6.57. The van der Waals surface area contributed by atoms with E-state index in [1.165, 1.54) is 49.1 Å². The fourth-order valence-corrected chi connectivity index (χ4v) is 10.1. The van der Waals surface area contributed by atoms with E-state index >= 15 is 0 Å². The van der Waals surface area contributed by atoms with Crippen molar-refractivity contribution in [2.45, 2.75) is 0 Å². The summed E-state index contributed by atoms with van der Waals surface area (Å²) in [6.45, 7) is 0. The van der Waals surface area contributed by atoms with Gasteiger partial charge < -0.3 is 13.9 Å². The summed E-state index contributed by atoms with van der Waals surface area (Å²) in [5.74, 6) is 0. The quantitative estimate of drug-likeness (QED) is 0.160. The largest absolute Gasteiger partial charge is 0.455 e. The lowest BCUT2D eigenvalue weighted by Crippen LogP contribution is -2.10. The average Bonchev–Trinajstić information content (AvgIpc) is 3.93. The highest BCUT2D eigenvalue weighted by molar-refractivity contribution is 6.19. The molecular weight excluding hydrogens is 789 g/mol. The minimum absolute atomic E-state index is 0.893. The Kier molecular flexibility index (Phi) is 8.53. The molecule has 3 nitrogen and oxygen atoms in total. The molecule has 65 heavy (non-hydrogen) atoms. The Labute approximate surface area is 376 Å². The summed E-state index contributed by atoms with van der Waals surface area (Å²) >= 11 is 0. The molecule has 0 amide bonds. The van der Waals surface area contributed by atoms with Crippen molar-refractivity contribution in [2.24, 2.45) is 0 Å². The van der Waals surface area contributed by atoms with Crippen LogP contribution < -0.4 is 4.90 Å². The maximum Gasteiger partial charge on any atom is 0.143 e. The van der Waals surface area contributed by atoms with Gasteiger partial charge in [0.15, 0.2) is 0 Å². The second kappa shape index (κ2) is 15.0. The highest BCUT2D eigenvalue weighted by Gasteiger charge is 2.19. The molecule has 11 aromatic carbocycles. The van der Waals surface area contributed by atoms with Crippen molar-refractivity contribution >= 4 is 82.4 Å². The standard InChI is InChI=1S/C62H40N2O/c1-2-15-45-39-47(28-27-41(45)13-1)46-16-11-17-50(40-46)63(49-36-31-44(32-37-49)52-22-12-26-60-61(52)56-38-33-42-14-3-4-19-53(42)62(56)65-60)48-34-29-43(30-35-48)51-18-5-8-23-57(51)64-58-24-9-6-20-54(58)55-21-7-10-25-59(55)64/h1-40H. The Bertz CT molecular complexity index is 3900. The predicted octanol–water partition coefficient (Wildman–Crippen LogP) is 17.5. The van der Waals surface area contributed by atoms with Gasteiger partial charge in [0.2, 0.25) is 0 Å². The van der Waals surface area contributed by atoms with Crippen LogP contribution in [0.1, 0.15) is 0 Å². The first-order valence-electron chi connectivity index (χ1n) is 22.2. The zero-order chi connectivity index (χ0) is 42.8. The lowest BCUT2D eigenvalue weighted by Gasteiger charge is -2.26. The third-order valence-corrected chi connectivity index (χ3v) is 13.2. The average molecular weight is 829 g/mol. The number of nitrogens with zero attached hydrogens (tertiary/aromatic N) is 2. The van der Waals surface area contributed by atoms with Crippen LogP contribution in [0.25, 0.3) is 104 Å². The van der Waals surface area contributed by atoms with E-state index in [1.54, 1.807) is 0 Å².